The zero-order valence-corrected chi connectivity index (χ0v) is 11.2. The minimum Gasteiger partial charge on any atom is -0.497 e. The summed E-state index contributed by atoms with van der Waals surface area (Å²) in [6.45, 7) is 0. The standard InChI is InChI=1S/C15H14N2O3/c1-19-10-5-6-12-11(9-10)14(17-7-3-4-8-17)13(16-12)15(18)20-2/h3-9,16H,1-2H3. The van der Waals surface area contributed by atoms with Gasteiger partial charge in [-0.05, 0) is 30.3 Å². The molecule has 1 N–H and O–H groups in total. The van der Waals surface area contributed by atoms with Gasteiger partial charge in [0.2, 0.25) is 0 Å². The SMILES string of the molecule is COC(=O)c1[nH]c2ccc(OC)cc2c1-n1cccc1. The number of hydrogen-bond acceptors (Lipinski definition) is 3. The Labute approximate surface area is 115 Å². The van der Waals surface area contributed by atoms with E-state index in [4.69, 9.17) is 9.47 Å². The summed E-state index contributed by atoms with van der Waals surface area (Å²) in [7, 11) is 2.98. The number of hydrogen-bond donors (Lipinski definition) is 1. The van der Waals surface area contributed by atoms with Crippen molar-refractivity contribution in [1.82, 2.24) is 9.55 Å². The summed E-state index contributed by atoms with van der Waals surface area (Å²) in [6.07, 6.45) is 3.77. The normalized spacial score (nSPS) is 10.7. The fraction of sp³-hybridized carbons (Fsp3) is 0.133. The van der Waals surface area contributed by atoms with E-state index in [-0.39, 0.29) is 0 Å². The molecule has 5 nitrogen and oxygen atoms in total. The number of nitrogens with one attached hydrogen (secondary N) is 1. The summed E-state index contributed by atoms with van der Waals surface area (Å²) >= 11 is 0. The van der Waals surface area contributed by atoms with Gasteiger partial charge in [0.1, 0.15) is 11.4 Å². The molecule has 0 aliphatic carbocycles. The molecule has 0 saturated carbocycles. The Morgan fingerprint density at radius 1 is 1.20 bits per heavy atom. The van der Waals surface area contributed by atoms with Crippen molar-refractivity contribution in [2.45, 2.75) is 0 Å². The van der Waals surface area contributed by atoms with Crippen molar-refractivity contribution in [1.29, 1.82) is 0 Å². The van der Waals surface area contributed by atoms with E-state index in [1.165, 1.54) is 7.11 Å². The Balaban J connectivity index is 2.33. The first-order chi connectivity index (χ1) is 9.74. The van der Waals surface area contributed by atoms with Gasteiger partial charge in [0.05, 0.1) is 19.9 Å². The molecule has 3 aromatic rings. The van der Waals surface area contributed by atoms with Gasteiger partial charge >= 0.3 is 5.97 Å². The van der Waals surface area contributed by atoms with E-state index in [9.17, 15) is 4.79 Å². The van der Waals surface area contributed by atoms with E-state index in [2.05, 4.69) is 4.98 Å². The summed E-state index contributed by atoms with van der Waals surface area (Å²) in [5, 5.41) is 0.904. The third-order valence-corrected chi connectivity index (χ3v) is 3.23. The molecular formula is C15H14N2O3. The number of nitrogens with zero attached hydrogens (tertiary/aromatic N) is 1. The Kier molecular flexibility index (Phi) is 2.95. The molecule has 2 aromatic heterocycles. The summed E-state index contributed by atoms with van der Waals surface area (Å²) in [5.74, 6) is 0.338. The van der Waals surface area contributed by atoms with Crippen LogP contribution in [0.2, 0.25) is 0 Å². The third-order valence-electron chi connectivity index (χ3n) is 3.23. The Hall–Kier alpha value is -2.69. The van der Waals surface area contributed by atoms with Crippen molar-refractivity contribution >= 4 is 16.9 Å². The number of H-pyrrole nitrogens is 1. The molecule has 0 aliphatic rings. The predicted octanol–water partition coefficient (Wildman–Crippen LogP) is 2.75. The van der Waals surface area contributed by atoms with Crippen LogP contribution in [0.4, 0.5) is 0 Å². The molecule has 0 radical (unpaired) electrons. The van der Waals surface area contributed by atoms with Crippen LogP contribution in [0.15, 0.2) is 42.7 Å². The second kappa shape index (κ2) is 4.77. The van der Waals surface area contributed by atoms with Crippen LogP contribution in [0.1, 0.15) is 10.5 Å². The maximum Gasteiger partial charge on any atom is 0.356 e. The van der Waals surface area contributed by atoms with Crippen LogP contribution in [-0.2, 0) is 4.74 Å². The van der Waals surface area contributed by atoms with Crippen molar-refractivity contribution in [2.24, 2.45) is 0 Å². The van der Waals surface area contributed by atoms with E-state index < -0.39 is 5.97 Å². The lowest BCUT2D eigenvalue weighted by Gasteiger charge is -2.05. The average Bonchev–Trinajstić information content (AvgIpc) is 3.11. The minimum atomic E-state index is -0.399. The molecule has 1 aromatic carbocycles. The average molecular weight is 270 g/mol. The first-order valence-electron chi connectivity index (χ1n) is 6.16. The zero-order chi connectivity index (χ0) is 14.1. The highest BCUT2D eigenvalue weighted by Gasteiger charge is 2.19. The van der Waals surface area contributed by atoms with Crippen LogP contribution in [0.3, 0.4) is 0 Å². The van der Waals surface area contributed by atoms with Crippen molar-refractivity contribution in [3.8, 4) is 11.4 Å². The summed E-state index contributed by atoms with van der Waals surface area (Å²) in [6, 6.07) is 9.43. The van der Waals surface area contributed by atoms with Crippen molar-refractivity contribution in [2.75, 3.05) is 14.2 Å². The molecule has 0 amide bonds. The largest absolute Gasteiger partial charge is 0.497 e. The van der Waals surface area contributed by atoms with Gasteiger partial charge in [-0.25, -0.2) is 4.79 Å². The van der Waals surface area contributed by atoms with Crippen LogP contribution >= 0.6 is 0 Å². The molecule has 102 valence electrons. The number of esters is 1. The van der Waals surface area contributed by atoms with Crippen LogP contribution in [-0.4, -0.2) is 29.7 Å². The Bertz CT molecular complexity index is 757. The maximum absolute atomic E-state index is 12.0. The highest BCUT2D eigenvalue weighted by molar-refractivity contribution is 6.03. The van der Waals surface area contributed by atoms with Crippen LogP contribution in [0, 0.1) is 0 Å². The number of aromatic nitrogens is 2. The molecule has 0 fully saturated rings. The van der Waals surface area contributed by atoms with E-state index in [1.807, 2.05) is 47.3 Å². The minimum absolute atomic E-state index is 0.399. The first kappa shape index (κ1) is 12.3. The van der Waals surface area contributed by atoms with Gasteiger partial charge < -0.3 is 19.0 Å². The number of carbonyl (C=O) groups excluding carboxylic acids is 1. The molecule has 0 unspecified atom stereocenters. The monoisotopic (exact) mass is 270 g/mol. The second-order valence-corrected chi connectivity index (χ2v) is 4.34. The number of fused-ring (bicyclic) bond motifs is 1. The lowest BCUT2D eigenvalue weighted by Crippen LogP contribution is -2.06. The van der Waals surface area contributed by atoms with Gasteiger partial charge in [0, 0.05) is 23.3 Å². The summed E-state index contributed by atoms with van der Waals surface area (Å²) < 4.78 is 12.0. The van der Waals surface area contributed by atoms with Gasteiger partial charge in [-0.2, -0.15) is 0 Å². The molecule has 0 saturated heterocycles. The fourth-order valence-corrected chi connectivity index (χ4v) is 2.29. The van der Waals surface area contributed by atoms with Gasteiger partial charge in [-0.1, -0.05) is 0 Å². The van der Waals surface area contributed by atoms with Crippen molar-refractivity contribution < 1.29 is 14.3 Å². The lowest BCUT2D eigenvalue weighted by molar-refractivity contribution is 0.0595. The third kappa shape index (κ3) is 1.84. The summed E-state index contributed by atoms with van der Waals surface area (Å²) in [4.78, 5) is 15.1. The van der Waals surface area contributed by atoms with Crippen molar-refractivity contribution in [3.63, 3.8) is 0 Å². The lowest BCUT2D eigenvalue weighted by atomic mass is 10.2. The summed E-state index contributed by atoms with van der Waals surface area (Å²) in [5.41, 5.74) is 2.04. The topological polar surface area (TPSA) is 56.3 Å². The number of benzene rings is 1. The van der Waals surface area contributed by atoms with Crippen LogP contribution < -0.4 is 4.74 Å². The smallest absolute Gasteiger partial charge is 0.356 e. The second-order valence-electron chi connectivity index (χ2n) is 4.34. The number of rotatable bonds is 3. The molecule has 20 heavy (non-hydrogen) atoms. The Morgan fingerprint density at radius 2 is 1.95 bits per heavy atom. The van der Waals surface area contributed by atoms with Gasteiger partial charge in [0.15, 0.2) is 0 Å². The fourth-order valence-electron chi connectivity index (χ4n) is 2.29. The quantitative estimate of drug-likeness (QED) is 0.744. The van der Waals surface area contributed by atoms with Crippen molar-refractivity contribution in [3.05, 3.63) is 48.4 Å². The molecule has 0 aliphatic heterocycles. The molecule has 2 heterocycles. The van der Waals surface area contributed by atoms with Gasteiger partial charge in [-0.15, -0.1) is 0 Å². The molecule has 5 heteroatoms. The number of ether oxygens (including phenoxy) is 2. The van der Waals surface area contributed by atoms with Crippen LogP contribution in [0.5, 0.6) is 5.75 Å². The van der Waals surface area contributed by atoms with Gasteiger partial charge in [-0.3, -0.25) is 0 Å². The molecular weight excluding hydrogens is 256 g/mol. The zero-order valence-electron chi connectivity index (χ0n) is 11.2. The molecule has 0 atom stereocenters. The maximum atomic E-state index is 12.0. The van der Waals surface area contributed by atoms with E-state index in [0.717, 1.165) is 22.3 Å². The first-order valence-corrected chi connectivity index (χ1v) is 6.16. The number of carbonyl (C=O) groups is 1. The highest BCUT2D eigenvalue weighted by Crippen LogP contribution is 2.30. The highest BCUT2D eigenvalue weighted by atomic mass is 16.5. The van der Waals surface area contributed by atoms with E-state index in [0.29, 0.717) is 5.69 Å². The molecule has 0 bridgehead atoms. The van der Waals surface area contributed by atoms with Crippen LogP contribution in [0.25, 0.3) is 16.6 Å². The number of aromatic amines is 1. The van der Waals surface area contributed by atoms with E-state index >= 15 is 0 Å². The molecule has 0 spiro atoms. The predicted molar refractivity (Wildman–Crippen MR) is 75.5 cm³/mol. The molecule has 3 rings (SSSR count). The van der Waals surface area contributed by atoms with E-state index in [1.54, 1.807) is 7.11 Å². The van der Waals surface area contributed by atoms with Gasteiger partial charge in [0.25, 0.3) is 0 Å². The number of methoxy groups -OCH3 is 2. The Morgan fingerprint density at radius 3 is 2.60 bits per heavy atom.